The molecule has 1 aliphatic rings. The van der Waals surface area contributed by atoms with Crippen LogP contribution >= 0.6 is 0 Å². The minimum Gasteiger partial charge on any atom is -0.368 e. The van der Waals surface area contributed by atoms with Gasteiger partial charge in [-0.3, -0.25) is 10.1 Å². The molecule has 21 heavy (non-hydrogen) atoms. The van der Waals surface area contributed by atoms with Crippen molar-refractivity contribution in [3.63, 3.8) is 0 Å². The highest BCUT2D eigenvalue weighted by Gasteiger charge is 2.17. The smallest absolute Gasteiger partial charge is 0.269 e. The normalized spacial score (nSPS) is 15.1. The number of anilines is 2. The molecule has 8 heteroatoms. The topological polar surface area (TPSA) is 103 Å². The van der Waals surface area contributed by atoms with Gasteiger partial charge in [0.2, 0.25) is 11.9 Å². The number of nitrogens with zero attached hydrogens (tertiary/aromatic N) is 5. The quantitative estimate of drug-likeness (QED) is 0.681. The lowest BCUT2D eigenvalue weighted by molar-refractivity contribution is -0.384. The fourth-order valence-electron chi connectivity index (χ4n) is 2.45. The maximum Gasteiger partial charge on any atom is 0.269 e. The van der Waals surface area contributed by atoms with Gasteiger partial charge in [0.1, 0.15) is 0 Å². The molecule has 0 radical (unpaired) electrons. The maximum absolute atomic E-state index is 10.7. The van der Waals surface area contributed by atoms with Gasteiger partial charge in [-0.2, -0.15) is 9.67 Å². The summed E-state index contributed by atoms with van der Waals surface area (Å²) in [7, 11) is 0. The van der Waals surface area contributed by atoms with Gasteiger partial charge in [-0.1, -0.05) is 0 Å². The molecule has 1 saturated heterocycles. The molecule has 2 aromatic rings. The molecular weight excluding hydrogens is 272 g/mol. The SMILES string of the molecule is Nc1nc(N2CCCCC2)nn1-c1ccc([N+](=O)[O-])cc1. The van der Waals surface area contributed by atoms with E-state index in [-0.39, 0.29) is 11.6 Å². The van der Waals surface area contributed by atoms with Gasteiger partial charge in [0.15, 0.2) is 0 Å². The predicted octanol–water partition coefficient (Wildman–Crippen LogP) is 1.75. The fourth-order valence-corrected chi connectivity index (χ4v) is 2.45. The lowest BCUT2D eigenvalue weighted by Gasteiger charge is -2.24. The average Bonchev–Trinajstić information content (AvgIpc) is 2.90. The second kappa shape index (κ2) is 5.39. The summed E-state index contributed by atoms with van der Waals surface area (Å²) in [6.45, 7) is 1.87. The van der Waals surface area contributed by atoms with Crippen LogP contribution in [-0.4, -0.2) is 32.8 Å². The minimum absolute atomic E-state index is 0.0358. The molecule has 0 saturated carbocycles. The summed E-state index contributed by atoms with van der Waals surface area (Å²) in [6.07, 6.45) is 3.49. The van der Waals surface area contributed by atoms with E-state index in [0.29, 0.717) is 11.6 Å². The van der Waals surface area contributed by atoms with Gasteiger partial charge in [-0.15, -0.1) is 5.10 Å². The van der Waals surface area contributed by atoms with Crippen LogP contribution in [0.1, 0.15) is 19.3 Å². The molecule has 1 aliphatic heterocycles. The van der Waals surface area contributed by atoms with Crippen molar-refractivity contribution in [2.45, 2.75) is 19.3 Å². The minimum atomic E-state index is -0.437. The number of non-ortho nitro benzene ring substituents is 1. The van der Waals surface area contributed by atoms with Crippen LogP contribution in [0, 0.1) is 10.1 Å². The number of nitrogen functional groups attached to an aromatic ring is 1. The van der Waals surface area contributed by atoms with Gasteiger partial charge in [0.05, 0.1) is 10.6 Å². The number of hydrogen-bond acceptors (Lipinski definition) is 6. The molecule has 0 aliphatic carbocycles. The first-order chi connectivity index (χ1) is 10.1. The van der Waals surface area contributed by atoms with E-state index in [2.05, 4.69) is 15.0 Å². The lowest BCUT2D eigenvalue weighted by atomic mass is 10.1. The van der Waals surface area contributed by atoms with Crippen LogP contribution in [0.4, 0.5) is 17.6 Å². The number of piperidine rings is 1. The van der Waals surface area contributed by atoms with E-state index in [1.54, 1.807) is 12.1 Å². The molecule has 0 spiro atoms. The van der Waals surface area contributed by atoms with Crippen molar-refractivity contribution in [3.8, 4) is 5.69 Å². The van der Waals surface area contributed by atoms with Crippen molar-refractivity contribution in [1.82, 2.24) is 14.8 Å². The highest BCUT2D eigenvalue weighted by molar-refractivity contribution is 5.46. The Bertz CT molecular complexity index is 645. The summed E-state index contributed by atoms with van der Waals surface area (Å²) < 4.78 is 1.51. The van der Waals surface area contributed by atoms with Crippen molar-refractivity contribution >= 4 is 17.6 Å². The number of nitrogens with two attached hydrogens (primary N) is 1. The molecule has 0 atom stereocenters. The molecule has 8 nitrogen and oxygen atoms in total. The third-order valence-electron chi connectivity index (χ3n) is 3.57. The maximum atomic E-state index is 10.7. The second-order valence-electron chi connectivity index (χ2n) is 5.00. The van der Waals surface area contributed by atoms with E-state index >= 15 is 0 Å². The van der Waals surface area contributed by atoms with E-state index in [1.807, 2.05) is 0 Å². The zero-order valence-electron chi connectivity index (χ0n) is 11.5. The van der Waals surface area contributed by atoms with Gasteiger partial charge < -0.3 is 10.6 Å². The number of aromatic nitrogens is 3. The monoisotopic (exact) mass is 288 g/mol. The zero-order chi connectivity index (χ0) is 14.8. The standard InChI is InChI=1S/C13H16N6O2/c14-12-15-13(17-8-2-1-3-9-17)16-18(12)10-4-6-11(7-5-10)19(20)21/h4-7H,1-3,8-9H2,(H2,14,15,16). The second-order valence-corrected chi connectivity index (χ2v) is 5.00. The Labute approximate surface area is 121 Å². The molecule has 0 bridgehead atoms. The number of hydrogen-bond donors (Lipinski definition) is 1. The van der Waals surface area contributed by atoms with Crippen LogP contribution in [0.5, 0.6) is 0 Å². The van der Waals surface area contributed by atoms with Crippen LogP contribution in [-0.2, 0) is 0 Å². The van der Waals surface area contributed by atoms with Crippen molar-refractivity contribution in [3.05, 3.63) is 34.4 Å². The molecule has 2 heterocycles. The molecular formula is C13H16N6O2. The summed E-state index contributed by atoms with van der Waals surface area (Å²) in [6, 6.07) is 6.08. The highest BCUT2D eigenvalue weighted by Crippen LogP contribution is 2.21. The largest absolute Gasteiger partial charge is 0.368 e. The summed E-state index contributed by atoms with van der Waals surface area (Å²) in [5, 5.41) is 15.1. The van der Waals surface area contributed by atoms with E-state index in [0.717, 1.165) is 25.9 Å². The van der Waals surface area contributed by atoms with Gasteiger partial charge in [0.25, 0.3) is 5.69 Å². The highest BCUT2D eigenvalue weighted by atomic mass is 16.6. The molecule has 0 amide bonds. The first kappa shape index (κ1) is 13.3. The Morgan fingerprint density at radius 2 is 1.81 bits per heavy atom. The lowest BCUT2D eigenvalue weighted by Crippen LogP contribution is -2.30. The Balaban J connectivity index is 1.88. The molecule has 1 aromatic carbocycles. The Morgan fingerprint density at radius 1 is 1.14 bits per heavy atom. The summed E-state index contributed by atoms with van der Waals surface area (Å²) in [5.74, 6) is 0.898. The molecule has 0 unspecified atom stereocenters. The Hall–Kier alpha value is -2.64. The van der Waals surface area contributed by atoms with Crippen LogP contribution in [0.15, 0.2) is 24.3 Å². The van der Waals surface area contributed by atoms with Crippen LogP contribution < -0.4 is 10.6 Å². The fraction of sp³-hybridized carbons (Fsp3) is 0.385. The van der Waals surface area contributed by atoms with Crippen LogP contribution in [0.25, 0.3) is 5.69 Å². The van der Waals surface area contributed by atoms with Gasteiger partial charge in [-0.05, 0) is 31.4 Å². The first-order valence-electron chi connectivity index (χ1n) is 6.87. The van der Waals surface area contributed by atoms with Crippen molar-refractivity contribution < 1.29 is 4.92 Å². The van der Waals surface area contributed by atoms with E-state index < -0.39 is 4.92 Å². The Morgan fingerprint density at radius 3 is 2.43 bits per heavy atom. The Kier molecular flexibility index (Phi) is 3.43. The summed E-state index contributed by atoms with van der Waals surface area (Å²) >= 11 is 0. The number of rotatable bonds is 3. The van der Waals surface area contributed by atoms with Gasteiger partial charge in [-0.25, -0.2) is 0 Å². The third kappa shape index (κ3) is 2.64. The third-order valence-corrected chi connectivity index (χ3v) is 3.57. The number of benzene rings is 1. The predicted molar refractivity (Wildman–Crippen MR) is 78.5 cm³/mol. The van der Waals surface area contributed by atoms with Crippen molar-refractivity contribution in [1.29, 1.82) is 0 Å². The summed E-state index contributed by atoms with van der Waals surface area (Å²) in [5.41, 5.74) is 6.60. The molecule has 2 N–H and O–H groups in total. The van der Waals surface area contributed by atoms with Crippen molar-refractivity contribution in [2.24, 2.45) is 0 Å². The number of nitro benzene ring substituents is 1. The molecule has 110 valence electrons. The average molecular weight is 288 g/mol. The first-order valence-corrected chi connectivity index (χ1v) is 6.87. The molecule has 1 fully saturated rings. The number of nitro groups is 1. The summed E-state index contributed by atoms with van der Waals surface area (Å²) in [4.78, 5) is 16.6. The van der Waals surface area contributed by atoms with Crippen molar-refractivity contribution in [2.75, 3.05) is 23.7 Å². The van der Waals surface area contributed by atoms with E-state index in [4.69, 9.17) is 5.73 Å². The van der Waals surface area contributed by atoms with Gasteiger partial charge in [0, 0.05) is 25.2 Å². The van der Waals surface area contributed by atoms with Crippen LogP contribution in [0.2, 0.25) is 0 Å². The van der Waals surface area contributed by atoms with E-state index in [1.165, 1.54) is 23.2 Å². The van der Waals surface area contributed by atoms with Crippen LogP contribution in [0.3, 0.4) is 0 Å². The zero-order valence-corrected chi connectivity index (χ0v) is 11.5. The molecule has 3 rings (SSSR count). The molecule has 1 aromatic heterocycles. The van der Waals surface area contributed by atoms with Gasteiger partial charge >= 0.3 is 0 Å². The van der Waals surface area contributed by atoms with E-state index in [9.17, 15) is 10.1 Å².